The highest BCUT2D eigenvalue weighted by atomic mass is 32.2. The van der Waals surface area contributed by atoms with Crippen molar-refractivity contribution in [3.05, 3.63) is 53.5 Å². The van der Waals surface area contributed by atoms with Crippen LogP contribution in [0.1, 0.15) is 12.6 Å². The number of aromatic nitrogens is 4. The molecule has 0 spiro atoms. The van der Waals surface area contributed by atoms with Gasteiger partial charge in [-0.05, 0) is 37.3 Å². The molecule has 32 heavy (non-hydrogen) atoms. The van der Waals surface area contributed by atoms with E-state index >= 15 is 0 Å². The fourth-order valence-electron chi connectivity index (χ4n) is 3.32. The largest absolute Gasteiger partial charge is 0.496 e. The van der Waals surface area contributed by atoms with E-state index in [1.54, 1.807) is 44.4 Å². The van der Waals surface area contributed by atoms with Gasteiger partial charge in [0.15, 0.2) is 22.5 Å². The third-order valence-corrected chi connectivity index (χ3v) is 6.85. The summed E-state index contributed by atoms with van der Waals surface area (Å²) in [6.45, 7) is 2.85. The molecule has 0 atom stereocenters. The van der Waals surface area contributed by atoms with Crippen molar-refractivity contribution in [2.24, 2.45) is 0 Å². The van der Waals surface area contributed by atoms with Gasteiger partial charge in [0, 0.05) is 23.2 Å². The third kappa shape index (κ3) is 4.44. The monoisotopic (exact) mass is 468 g/mol. The molecule has 4 rings (SSSR count). The summed E-state index contributed by atoms with van der Waals surface area (Å²) < 4.78 is 18.3. The summed E-state index contributed by atoms with van der Waals surface area (Å²) in [5.74, 6) is 3.68. The van der Waals surface area contributed by atoms with E-state index in [9.17, 15) is 0 Å². The minimum Gasteiger partial charge on any atom is -0.496 e. The summed E-state index contributed by atoms with van der Waals surface area (Å²) in [6.07, 6.45) is 0. The number of benzene rings is 2. The van der Waals surface area contributed by atoms with Crippen LogP contribution >= 0.6 is 23.1 Å². The average molecular weight is 469 g/mol. The number of ether oxygens (including phenoxy) is 3. The maximum absolute atomic E-state index is 5.50. The van der Waals surface area contributed by atoms with Crippen LogP contribution in [0, 0.1) is 0 Å². The minimum atomic E-state index is 0.691. The Balaban J connectivity index is 1.52. The van der Waals surface area contributed by atoms with Gasteiger partial charge < -0.3 is 18.8 Å². The molecule has 0 aliphatic carbocycles. The van der Waals surface area contributed by atoms with Gasteiger partial charge in [0.05, 0.1) is 32.6 Å². The van der Waals surface area contributed by atoms with Gasteiger partial charge in [-0.1, -0.05) is 23.9 Å². The molecule has 4 aromatic rings. The molecule has 0 amide bonds. The van der Waals surface area contributed by atoms with Crippen molar-refractivity contribution in [1.29, 1.82) is 0 Å². The summed E-state index contributed by atoms with van der Waals surface area (Å²) in [6, 6.07) is 13.7. The molecule has 0 radical (unpaired) electrons. The number of rotatable bonds is 9. The summed E-state index contributed by atoms with van der Waals surface area (Å²) in [7, 11) is 4.93. The van der Waals surface area contributed by atoms with Crippen LogP contribution in [0.3, 0.4) is 0 Å². The number of methoxy groups -OCH3 is 3. The molecule has 0 aliphatic heterocycles. The van der Waals surface area contributed by atoms with Crippen LogP contribution in [0.25, 0.3) is 22.0 Å². The molecule has 7 nitrogen and oxygen atoms in total. The lowest BCUT2D eigenvalue weighted by Crippen LogP contribution is -2.01. The SMILES string of the molecule is CCn1c(SCc2csc(-c3ccc(OC)c(OC)c3)n2)nnc1-c1ccccc1OC. The molecule has 0 aliphatic rings. The Bertz CT molecular complexity index is 1210. The minimum absolute atomic E-state index is 0.691. The van der Waals surface area contributed by atoms with Gasteiger partial charge in [0.1, 0.15) is 10.8 Å². The van der Waals surface area contributed by atoms with Crippen molar-refractivity contribution in [2.45, 2.75) is 24.4 Å². The maximum Gasteiger partial charge on any atom is 0.191 e. The first-order valence-corrected chi connectivity index (χ1v) is 11.9. The van der Waals surface area contributed by atoms with Crippen LogP contribution in [0.5, 0.6) is 17.2 Å². The summed E-state index contributed by atoms with van der Waals surface area (Å²) in [5, 5.41) is 12.7. The normalized spacial score (nSPS) is 10.9. The molecular formula is C23H24N4O3S2. The second-order valence-corrected chi connectivity index (χ2v) is 8.55. The Hall–Kier alpha value is -3.04. The van der Waals surface area contributed by atoms with Crippen molar-refractivity contribution in [3.63, 3.8) is 0 Å². The first kappa shape index (κ1) is 22.2. The van der Waals surface area contributed by atoms with Gasteiger partial charge in [-0.25, -0.2) is 4.98 Å². The Morgan fingerprint density at radius 2 is 1.72 bits per heavy atom. The van der Waals surface area contributed by atoms with Crippen LogP contribution in [0.2, 0.25) is 0 Å². The molecule has 0 saturated heterocycles. The lowest BCUT2D eigenvalue weighted by Gasteiger charge is -2.10. The van der Waals surface area contributed by atoms with Gasteiger partial charge in [0.2, 0.25) is 0 Å². The van der Waals surface area contributed by atoms with E-state index in [2.05, 4.69) is 27.1 Å². The summed E-state index contributed by atoms with van der Waals surface area (Å²) >= 11 is 3.23. The van der Waals surface area contributed by atoms with E-state index < -0.39 is 0 Å². The van der Waals surface area contributed by atoms with Crippen LogP contribution in [-0.2, 0) is 12.3 Å². The van der Waals surface area contributed by atoms with E-state index in [1.165, 1.54) is 0 Å². The molecule has 0 bridgehead atoms. The van der Waals surface area contributed by atoms with Crippen molar-refractivity contribution >= 4 is 23.1 Å². The fourth-order valence-corrected chi connectivity index (χ4v) is 5.14. The van der Waals surface area contributed by atoms with E-state index in [-0.39, 0.29) is 0 Å². The van der Waals surface area contributed by atoms with Crippen molar-refractivity contribution < 1.29 is 14.2 Å². The Kier molecular flexibility index (Phi) is 6.96. The van der Waals surface area contributed by atoms with Gasteiger partial charge in [-0.15, -0.1) is 21.5 Å². The zero-order valence-electron chi connectivity index (χ0n) is 18.4. The predicted octanol–water partition coefficient (Wildman–Crippen LogP) is 5.41. The number of thiazole rings is 1. The van der Waals surface area contributed by atoms with Crippen LogP contribution in [0.15, 0.2) is 53.0 Å². The van der Waals surface area contributed by atoms with Gasteiger partial charge in [-0.2, -0.15) is 0 Å². The molecule has 2 heterocycles. The fraction of sp³-hybridized carbons (Fsp3) is 0.261. The highest BCUT2D eigenvalue weighted by Gasteiger charge is 2.17. The average Bonchev–Trinajstić information content (AvgIpc) is 3.49. The van der Waals surface area contributed by atoms with Crippen LogP contribution < -0.4 is 14.2 Å². The third-order valence-electron chi connectivity index (χ3n) is 4.91. The van der Waals surface area contributed by atoms with Gasteiger partial charge in [-0.3, -0.25) is 0 Å². The van der Waals surface area contributed by atoms with E-state index in [0.717, 1.165) is 45.1 Å². The summed E-state index contributed by atoms with van der Waals surface area (Å²) in [5.41, 5.74) is 2.92. The van der Waals surface area contributed by atoms with Crippen molar-refractivity contribution in [2.75, 3.05) is 21.3 Å². The highest BCUT2D eigenvalue weighted by Crippen LogP contribution is 2.35. The topological polar surface area (TPSA) is 71.3 Å². The molecule has 0 fully saturated rings. The number of para-hydroxylation sites is 1. The zero-order valence-corrected chi connectivity index (χ0v) is 20.0. The predicted molar refractivity (Wildman–Crippen MR) is 128 cm³/mol. The van der Waals surface area contributed by atoms with E-state index in [4.69, 9.17) is 19.2 Å². The number of hydrogen-bond acceptors (Lipinski definition) is 8. The second kappa shape index (κ2) is 10.1. The Morgan fingerprint density at radius 1 is 0.938 bits per heavy atom. The maximum atomic E-state index is 5.50. The molecule has 0 N–H and O–H groups in total. The lowest BCUT2D eigenvalue weighted by molar-refractivity contribution is 0.355. The molecule has 9 heteroatoms. The van der Waals surface area contributed by atoms with E-state index in [0.29, 0.717) is 17.3 Å². The lowest BCUT2D eigenvalue weighted by atomic mass is 10.2. The molecule has 0 unspecified atom stereocenters. The number of hydrogen-bond donors (Lipinski definition) is 0. The second-order valence-electron chi connectivity index (χ2n) is 6.75. The number of nitrogens with zero attached hydrogens (tertiary/aromatic N) is 4. The molecule has 2 aromatic carbocycles. The zero-order chi connectivity index (χ0) is 22.5. The standard InChI is InChI=1S/C23H24N4O3S2/c1-5-27-21(17-8-6-7-9-18(17)28-2)25-26-23(27)32-14-16-13-31-22(24-16)15-10-11-19(29-3)20(12-15)30-4/h6-13H,5,14H2,1-4H3. The van der Waals surface area contributed by atoms with Crippen LogP contribution in [-0.4, -0.2) is 41.1 Å². The summed E-state index contributed by atoms with van der Waals surface area (Å²) in [4.78, 5) is 4.80. The van der Waals surface area contributed by atoms with E-state index in [1.807, 2.05) is 42.5 Å². The molecule has 166 valence electrons. The first-order chi connectivity index (χ1) is 15.7. The van der Waals surface area contributed by atoms with Gasteiger partial charge >= 0.3 is 0 Å². The smallest absolute Gasteiger partial charge is 0.191 e. The van der Waals surface area contributed by atoms with Gasteiger partial charge in [0.25, 0.3) is 0 Å². The molecule has 2 aromatic heterocycles. The van der Waals surface area contributed by atoms with Crippen molar-refractivity contribution in [1.82, 2.24) is 19.7 Å². The highest BCUT2D eigenvalue weighted by molar-refractivity contribution is 7.98. The first-order valence-electron chi connectivity index (χ1n) is 10.0. The Labute approximate surface area is 195 Å². The number of thioether (sulfide) groups is 1. The van der Waals surface area contributed by atoms with Crippen molar-refractivity contribution in [3.8, 4) is 39.2 Å². The quantitative estimate of drug-likeness (QED) is 0.304. The Morgan fingerprint density at radius 3 is 2.47 bits per heavy atom. The van der Waals surface area contributed by atoms with Crippen LogP contribution in [0.4, 0.5) is 0 Å². The molecule has 0 saturated carbocycles. The molecular weight excluding hydrogens is 444 g/mol.